The number of likely N-dealkylation sites (tertiary alicyclic amines) is 1. The highest BCUT2D eigenvalue weighted by atomic mass is 19.4. The highest BCUT2D eigenvalue weighted by Gasteiger charge is 2.42. The number of hydrogen-bond acceptors (Lipinski definition) is 2. The van der Waals surface area contributed by atoms with Crippen molar-refractivity contribution in [3.8, 4) is 0 Å². The van der Waals surface area contributed by atoms with Gasteiger partial charge < -0.3 is 5.32 Å². The van der Waals surface area contributed by atoms with E-state index < -0.39 is 12.1 Å². The molecule has 0 radical (unpaired) electrons. The Kier molecular flexibility index (Phi) is 5.73. The molecule has 118 valence electrons. The van der Waals surface area contributed by atoms with Gasteiger partial charge in [0.05, 0.1) is 5.92 Å². The average Bonchev–Trinajstić information content (AvgIpc) is 2.45. The third-order valence-electron chi connectivity index (χ3n) is 4.85. The molecule has 5 heteroatoms. The summed E-state index contributed by atoms with van der Waals surface area (Å²) in [5.74, 6) is -1.08. The lowest BCUT2D eigenvalue weighted by Crippen LogP contribution is -2.54. The van der Waals surface area contributed by atoms with E-state index in [1.54, 1.807) is 0 Å². The van der Waals surface area contributed by atoms with Crippen LogP contribution in [0.2, 0.25) is 0 Å². The molecule has 2 atom stereocenters. The predicted molar refractivity (Wildman–Crippen MR) is 74.7 cm³/mol. The smallest absolute Gasteiger partial charge is 0.312 e. The van der Waals surface area contributed by atoms with Gasteiger partial charge in [0.25, 0.3) is 0 Å². The fourth-order valence-corrected chi connectivity index (χ4v) is 3.67. The van der Waals surface area contributed by atoms with E-state index in [9.17, 15) is 13.2 Å². The minimum atomic E-state index is -4.00. The standard InChI is InChI=1S/C15H27F3N2/c1-2-9-19-13-5-3-4-6-14(13)20-10-7-12(8-11-20)15(16,17)18/h12-14,19H,2-11H2,1H3. The summed E-state index contributed by atoms with van der Waals surface area (Å²) < 4.78 is 38.2. The van der Waals surface area contributed by atoms with Crippen molar-refractivity contribution >= 4 is 0 Å². The summed E-state index contributed by atoms with van der Waals surface area (Å²) in [5, 5.41) is 3.60. The van der Waals surface area contributed by atoms with Crippen LogP contribution >= 0.6 is 0 Å². The normalized spacial score (nSPS) is 30.6. The third kappa shape index (κ3) is 4.10. The first kappa shape index (κ1) is 16.1. The van der Waals surface area contributed by atoms with Gasteiger partial charge in [-0.25, -0.2) is 0 Å². The van der Waals surface area contributed by atoms with E-state index in [0.29, 0.717) is 25.2 Å². The van der Waals surface area contributed by atoms with E-state index in [-0.39, 0.29) is 12.8 Å². The number of halogens is 3. The maximum Gasteiger partial charge on any atom is 0.391 e. The van der Waals surface area contributed by atoms with Crippen LogP contribution in [0.5, 0.6) is 0 Å². The van der Waals surface area contributed by atoms with Crippen LogP contribution in [0, 0.1) is 5.92 Å². The molecular weight excluding hydrogens is 265 g/mol. The first-order valence-corrected chi connectivity index (χ1v) is 8.06. The quantitative estimate of drug-likeness (QED) is 0.852. The van der Waals surface area contributed by atoms with Crippen LogP contribution in [-0.4, -0.2) is 42.8 Å². The number of nitrogens with zero attached hydrogens (tertiary/aromatic N) is 1. The lowest BCUT2D eigenvalue weighted by Gasteiger charge is -2.43. The summed E-state index contributed by atoms with van der Waals surface area (Å²) in [6.45, 7) is 4.39. The monoisotopic (exact) mass is 292 g/mol. The zero-order valence-corrected chi connectivity index (χ0v) is 12.4. The van der Waals surface area contributed by atoms with E-state index in [1.807, 2.05) is 0 Å². The largest absolute Gasteiger partial charge is 0.391 e. The molecule has 1 heterocycles. The van der Waals surface area contributed by atoms with Crippen molar-refractivity contribution in [1.82, 2.24) is 10.2 Å². The number of rotatable bonds is 4. The summed E-state index contributed by atoms with van der Waals surface area (Å²) in [6, 6.07) is 0.927. The number of alkyl halides is 3. The topological polar surface area (TPSA) is 15.3 Å². The molecule has 1 saturated heterocycles. The van der Waals surface area contributed by atoms with Gasteiger partial charge in [-0.1, -0.05) is 19.8 Å². The zero-order valence-electron chi connectivity index (χ0n) is 12.4. The van der Waals surface area contributed by atoms with Crippen LogP contribution in [0.25, 0.3) is 0 Å². The Hall–Kier alpha value is -0.290. The molecule has 1 N–H and O–H groups in total. The van der Waals surface area contributed by atoms with Crippen molar-refractivity contribution in [3.05, 3.63) is 0 Å². The van der Waals surface area contributed by atoms with Crippen LogP contribution in [0.15, 0.2) is 0 Å². The molecule has 0 bridgehead atoms. The first-order chi connectivity index (χ1) is 9.52. The van der Waals surface area contributed by atoms with Gasteiger partial charge >= 0.3 is 6.18 Å². The summed E-state index contributed by atoms with van der Waals surface area (Å²) in [4.78, 5) is 2.31. The summed E-state index contributed by atoms with van der Waals surface area (Å²) in [6.07, 6.45) is 2.44. The molecule has 2 aliphatic rings. The van der Waals surface area contributed by atoms with Gasteiger partial charge in [0.15, 0.2) is 0 Å². The average molecular weight is 292 g/mol. The van der Waals surface area contributed by atoms with Crippen LogP contribution in [-0.2, 0) is 0 Å². The summed E-state index contributed by atoms with van der Waals surface area (Å²) in [7, 11) is 0. The lowest BCUT2D eigenvalue weighted by molar-refractivity contribution is -0.186. The molecule has 1 aliphatic heterocycles. The molecule has 2 fully saturated rings. The Morgan fingerprint density at radius 2 is 1.70 bits per heavy atom. The minimum absolute atomic E-state index is 0.278. The van der Waals surface area contributed by atoms with Gasteiger partial charge in [0.2, 0.25) is 0 Å². The van der Waals surface area contributed by atoms with Gasteiger partial charge in [-0.2, -0.15) is 13.2 Å². The Balaban J connectivity index is 1.87. The SMILES string of the molecule is CCCNC1CCCCC1N1CCC(C(F)(F)F)CC1. The van der Waals surface area contributed by atoms with Crippen molar-refractivity contribution in [2.45, 2.75) is 70.1 Å². The van der Waals surface area contributed by atoms with E-state index in [0.717, 1.165) is 19.4 Å². The van der Waals surface area contributed by atoms with Gasteiger partial charge in [0.1, 0.15) is 0 Å². The molecule has 20 heavy (non-hydrogen) atoms. The van der Waals surface area contributed by atoms with Crippen molar-refractivity contribution in [2.24, 2.45) is 5.92 Å². The van der Waals surface area contributed by atoms with Crippen molar-refractivity contribution in [1.29, 1.82) is 0 Å². The van der Waals surface area contributed by atoms with Crippen molar-refractivity contribution in [3.63, 3.8) is 0 Å². The summed E-state index contributed by atoms with van der Waals surface area (Å²) in [5.41, 5.74) is 0. The second-order valence-electron chi connectivity index (χ2n) is 6.26. The van der Waals surface area contributed by atoms with Crippen LogP contribution in [0.3, 0.4) is 0 Å². The third-order valence-corrected chi connectivity index (χ3v) is 4.85. The Labute approximate surface area is 120 Å². The first-order valence-electron chi connectivity index (χ1n) is 8.06. The predicted octanol–water partition coefficient (Wildman–Crippen LogP) is 3.57. The molecule has 1 saturated carbocycles. The summed E-state index contributed by atoms with van der Waals surface area (Å²) >= 11 is 0. The van der Waals surface area contributed by atoms with Crippen LogP contribution < -0.4 is 5.32 Å². The molecule has 0 spiro atoms. The minimum Gasteiger partial charge on any atom is -0.312 e. The fraction of sp³-hybridized carbons (Fsp3) is 1.00. The number of piperidine rings is 1. The second-order valence-corrected chi connectivity index (χ2v) is 6.26. The molecule has 0 amide bonds. The highest BCUT2D eigenvalue weighted by molar-refractivity contribution is 4.90. The Bertz CT molecular complexity index is 285. The van der Waals surface area contributed by atoms with Crippen LogP contribution in [0.4, 0.5) is 13.2 Å². The Morgan fingerprint density at radius 3 is 2.30 bits per heavy atom. The molecule has 0 aromatic heterocycles. The van der Waals surface area contributed by atoms with Gasteiger partial charge in [0, 0.05) is 12.1 Å². The van der Waals surface area contributed by atoms with E-state index in [1.165, 1.54) is 19.3 Å². The molecule has 2 rings (SSSR count). The molecular formula is C15H27F3N2. The van der Waals surface area contributed by atoms with Crippen molar-refractivity contribution in [2.75, 3.05) is 19.6 Å². The fourth-order valence-electron chi connectivity index (χ4n) is 3.67. The molecule has 2 unspecified atom stereocenters. The van der Waals surface area contributed by atoms with Gasteiger partial charge in [-0.05, 0) is 51.7 Å². The molecule has 1 aliphatic carbocycles. The zero-order chi connectivity index (χ0) is 14.6. The van der Waals surface area contributed by atoms with Gasteiger partial charge in [-0.3, -0.25) is 4.90 Å². The molecule has 0 aromatic carbocycles. The highest BCUT2D eigenvalue weighted by Crippen LogP contribution is 2.36. The van der Waals surface area contributed by atoms with Gasteiger partial charge in [-0.15, -0.1) is 0 Å². The maximum absolute atomic E-state index is 12.7. The van der Waals surface area contributed by atoms with Crippen LogP contribution in [0.1, 0.15) is 51.9 Å². The van der Waals surface area contributed by atoms with Crippen molar-refractivity contribution < 1.29 is 13.2 Å². The molecule has 2 nitrogen and oxygen atoms in total. The lowest BCUT2D eigenvalue weighted by atomic mass is 9.86. The number of nitrogens with one attached hydrogen (secondary N) is 1. The maximum atomic E-state index is 12.7. The molecule has 0 aromatic rings. The van der Waals surface area contributed by atoms with E-state index >= 15 is 0 Å². The van der Waals surface area contributed by atoms with E-state index in [4.69, 9.17) is 0 Å². The Morgan fingerprint density at radius 1 is 1.05 bits per heavy atom. The van der Waals surface area contributed by atoms with E-state index in [2.05, 4.69) is 17.1 Å². The number of hydrogen-bond donors (Lipinski definition) is 1. The second kappa shape index (κ2) is 7.12.